The van der Waals surface area contributed by atoms with Crippen LogP contribution >= 0.6 is 30.6 Å². The van der Waals surface area contributed by atoms with Crippen molar-refractivity contribution in [3.63, 3.8) is 0 Å². The number of imidazole rings is 1. The average Bonchev–Trinajstić information content (AvgIpc) is 3.39. The Hall–Kier alpha value is -0.750. The summed E-state index contributed by atoms with van der Waals surface area (Å²) in [5, 5.41) is 0. The minimum absolute atomic E-state index is 0. The number of ether oxygens (including phenoxy) is 1. The summed E-state index contributed by atoms with van der Waals surface area (Å²) in [6.07, 6.45) is 2.11. The molecule has 1 saturated carbocycles. The Bertz CT molecular complexity index is 1190. The fourth-order valence-corrected chi connectivity index (χ4v) is 12.5. The van der Waals surface area contributed by atoms with Crippen LogP contribution in [0, 0.1) is 5.92 Å². The Morgan fingerprint density at radius 2 is 2.29 bits per heavy atom. The molecule has 34 heavy (non-hydrogen) atoms. The maximum Gasteiger partial charge on any atom is 0.278 e. The molecule has 5 rings (SSSR count). The van der Waals surface area contributed by atoms with Gasteiger partial charge in [-0.2, -0.15) is 13.5 Å². The van der Waals surface area contributed by atoms with E-state index < -0.39 is 30.3 Å². The number of alkyl halides is 1. The van der Waals surface area contributed by atoms with Gasteiger partial charge in [0.15, 0.2) is 23.6 Å². The lowest BCUT2D eigenvalue weighted by Crippen LogP contribution is -2.39. The highest BCUT2D eigenvalue weighted by Gasteiger charge is 2.56. The monoisotopic (exact) mass is 548 g/mol. The van der Waals surface area contributed by atoms with E-state index >= 15 is 4.39 Å². The molecule has 2 aromatic heterocycles. The number of fused-ring (bicyclic) bond motifs is 2. The van der Waals surface area contributed by atoms with Crippen molar-refractivity contribution in [2.24, 2.45) is 5.92 Å². The number of H-pyrrole nitrogens is 1. The molecule has 0 spiro atoms. The van der Waals surface area contributed by atoms with Crippen molar-refractivity contribution in [2.75, 3.05) is 0 Å². The minimum Gasteiger partial charge on any atom is -0.349 e. The van der Waals surface area contributed by atoms with Gasteiger partial charge in [0.2, 0.25) is 5.69 Å². The molecule has 4 heterocycles. The van der Waals surface area contributed by atoms with Gasteiger partial charge in [-0.25, -0.2) is 14.4 Å². The van der Waals surface area contributed by atoms with E-state index in [1.54, 1.807) is 11.4 Å². The lowest BCUT2D eigenvalue weighted by molar-refractivity contribution is -0.0224. The molecule has 0 amide bonds. The zero-order valence-corrected chi connectivity index (χ0v) is 22.8. The van der Waals surface area contributed by atoms with Crippen LogP contribution in [-0.2, 0) is 25.6 Å². The first kappa shape index (κ1) is 26.3. The van der Waals surface area contributed by atoms with Crippen LogP contribution in [0.4, 0.5) is 4.39 Å². The second-order valence-corrected chi connectivity index (χ2v) is 15.9. The van der Waals surface area contributed by atoms with E-state index in [2.05, 4.69) is 35.4 Å². The SMILES string of the molecule is C=C(C)[C@@H]1CC[C@]2(C)S[P@@](=S)(O[C@H]3[C@@H](F)[C@H](n4cnc5c(=O)[nH]cnc54)O[C@@H]3CC)O[C@H]2C1.S. The lowest BCUT2D eigenvalue weighted by atomic mass is 9.77. The number of nitrogens with one attached hydrogen (secondary N) is 1. The standard InChI is InChI=1S/C21H28FN4O4PS2.H2S/c1-5-13-17(15(22)20(28-13)26-10-25-16-18(26)23-9-24-19(16)27)30-31(32)29-14-8-12(11(2)3)6-7-21(14,4)33-31;/h9-10,12-15,17,20H,2,5-8H2,1,3-4H3,(H,23,24,27);1H2/t12-,13-,14+,15-,17-,20-,21+,31-;/m1./s1. The quantitative estimate of drug-likeness (QED) is 0.423. The average molecular weight is 549 g/mol. The number of hydrogen-bond acceptors (Lipinski definition) is 8. The molecule has 188 valence electrons. The number of aromatic nitrogens is 4. The van der Waals surface area contributed by atoms with Crippen LogP contribution < -0.4 is 5.56 Å². The molecule has 0 radical (unpaired) electrons. The van der Waals surface area contributed by atoms with Crippen LogP contribution in [0.3, 0.4) is 0 Å². The van der Waals surface area contributed by atoms with E-state index in [4.69, 9.17) is 25.6 Å². The first-order valence-electron chi connectivity index (χ1n) is 11.2. The van der Waals surface area contributed by atoms with Gasteiger partial charge in [0.05, 0.1) is 24.9 Å². The van der Waals surface area contributed by atoms with E-state index in [1.807, 2.05) is 6.92 Å². The van der Waals surface area contributed by atoms with Crippen LogP contribution in [0.25, 0.3) is 11.2 Å². The number of rotatable bonds is 5. The Balaban J connectivity index is 0.00000274. The Labute approximate surface area is 213 Å². The van der Waals surface area contributed by atoms with Gasteiger partial charge in [-0.1, -0.05) is 30.5 Å². The molecule has 8 atom stereocenters. The van der Waals surface area contributed by atoms with E-state index in [1.165, 1.54) is 17.2 Å². The predicted octanol–water partition coefficient (Wildman–Crippen LogP) is 4.75. The summed E-state index contributed by atoms with van der Waals surface area (Å²) < 4.78 is 35.9. The topological polar surface area (TPSA) is 91.3 Å². The Kier molecular flexibility index (Phi) is 7.44. The maximum atomic E-state index is 15.8. The molecule has 2 aliphatic heterocycles. The smallest absolute Gasteiger partial charge is 0.278 e. The molecular weight excluding hydrogens is 518 g/mol. The van der Waals surface area contributed by atoms with Crippen LogP contribution in [0.5, 0.6) is 0 Å². The zero-order valence-electron chi connectivity index (χ0n) is 19.3. The molecule has 13 heteroatoms. The minimum atomic E-state index is -2.79. The van der Waals surface area contributed by atoms with Crippen molar-refractivity contribution >= 4 is 53.5 Å². The van der Waals surface area contributed by atoms with Gasteiger partial charge in [0.1, 0.15) is 6.10 Å². The van der Waals surface area contributed by atoms with Crippen molar-refractivity contribution in [1.29, 1.82) is 0 Å². The molecule has 3 fully saturated rings. The largest absolute Gasteiger partial charge is 0.349 e. The number of hydrogen-bond donors (Lipinski definition) is 1. The van der Waals surface area contributed by atoms with Crippen molar-refractivity contribution in [2.45, 2.75) is 81.9 Å². The molecule has 1 aliphatic carbocycles. The van der Waals surface area contributed by atoms with Crippen LogP contribution in [0.15, 0.2) is 29.6 Å². The number of nitrogens with zero attached hydrogens (tertiary/aromatic N) is 3. The van der Waals surface area contributed by atoms with Crippen molar-refractivity contribution in [1.82, 2.24) is 19.5 Å². The predicted molar refractivity (Wildman–Crippen MR) is 140 cm³/mol. The third-order valence-electron chi connectivity index (χ3n) is 7.00. The summed E-state index contributed by atoms with van der Waals surface area (Å²) in [7, 11) is 0. The van der Waals surface area contributed by atoms with Crippen LogP contribution in [0.1, 0.15) is 52.7 Å². The van der Waals surface area contributed by atoms with E-state index in [-0.39, 0.29) is 41.1 Å². The molecule has 0 bridgehead atoms. The number of aromatic amines is 1. The summed E-state index contributed by atoms with van der Waals surface area (Å²) in [5.41, 5.74) is -1.61. The second-order valence-electron chi connectivity index (χ2n) is 9.31. The summed E-state index contributed by atoms with van der Waals surface area (Å²) in [4.78, 5) is 22.7. The highest BCUT2D eigenvalue weighted by Crippen LogP contribution is 2.76. The maximum absolute atomic E-state index is 15.8. The fraction of sp³-hybridized carbons (Fsp3) is 0.667. The van der Waals surface area contributed by atoms with Crippen molar-refractivity contribution in [3.05, 3.63) is 35.2 Å². The molecule has 0 unspecified atom stereocenters. The highest BCUT2D eigenvalue weighted by molar-refractivity contribution is 8.68. The second kappa shape index (κ2) is 9.61. The molecule has 2 aromatic rings. The summed E-state index contributed by atoms with van der Waals surface area (Å²) in [6.45, 7) is 10.3. The molecular formula is C21H30FN4O4PS3. The van der Waals surface area contributed by atoms with Crippen molar-refractivity contribution in [3.8, 4) is 0 Å². The molecule has 1 N–H and O–H groups in total. The normalized spacial score (nSPS) is 39.6. The summed E-state index contributed by atoms with van der Waals surface area (Å²) >= 11 is 7.46. The molecule has 3 aliphatic rings. The van der Waals surface area contributed by atoms with Gasteiger partial charge in [0.25, 0.3) is 5.56 Å². The molecule has 0 aromatic carbocycles. The van der Waals surface area contributed by atoms with Gasteiger partial charge in [-0.15, -0.1) is 0 Å². The number of halogens is 1. The van der Waals surface area contributed by atoms with E-state index in [9.17, 15) is 4.79 Å². The van der Waals surface area contributed by atoms with Gasteiger partial charge < -0.3 is 18.8 Å². The molecule has 8 nitrogen and oxygen atoms in total. The van der Waals surface area contributed by atoms with Crippen LogP contribution in [0.2, 0.25) is 0 Å². The lowest BCUT2D eigenvalue weighted by Gasteiger charge is -2.37. The van der Waals surface area contributed by atoms with Crippen LogP contribution in [-0.4, -0.2) is 48.7 Å². The third kappa shape index (κ3) is 4.44. The molecule has 2 saturated heterocycles. The van der Waals surface area contributed by atoms with Gasteiger partial charge in [-0.05, 0) is 57.3 Å². The highest BCUT2D eigenvalue weighted by atomic mass is 32.9. The van der Waals surface area contributed by atoms with Gasteiger partial charge >= 0.3 is 0 Å². The first-order chi connectivity index (χ1) is 15.6. The summed E-state index contributed by atoms with van der Waals surface area (Å²) in [5.74, 6) is 0.409. The fourth-order valence-electron chi connectivity index (χ4n) is 5.00. The Morgan fingerprint density at radius 1 is 1.53 bits per heavy atom. The van der Waals surface area contributed by atoms with E-state index in [0.29, 0.717) is 12.3 Å². The summed E-state index contributed by atoms with van der Waals surface area (Å²) in [6, 6.07) is 0. The van der Waals surface area contributed by atoms with Gasteiger partial charge in [0, 0.05) is 4.75 Å². The number of allylic oxidation sites excluding steroid dienone is 1. The Morgan fingerprint density at radius 3 is 3.00 bits per heavy atom. The third-order valence-corrected chi connectivity index (χ3v) is 12.7. The van der Waals surface area contributed by atoms with Crippen molar-refractivity contribution < 1.29 is 18.2 Å². The first-order valence-corrected chi connectivity index (χ1v) is 15.2. The van der Waals surface area contributed by atoms with Gasteiger partial charge in [-0.3, -0.25) is 9.36 Å². The van der Waals surface area contributed by atoms with E-state index in [0.717, 1.165) is 24.8 Å². The zero-order chi connectivity index (χ0) is 23.5.